The van der Waals surface area contributed by atoms with Crippen LogP contribution in [0, 0.1) is 23.0 Å². The molecule has 0 radical (unpaired) electrons. The van der Waals surface area contributed by atoms with Crippen LogP contribution in [-0.4, -0.2) is 16.9 Å². The molecule has 0 unspecified atom stereocenters. The van der Waals surface area contributed by atoms with Gasteiger partial charge in [0, 0.05) is 23.5 Å². The monoisotopic (exact) mass is 366 g/mol. The first-order valence-electron chi connectivity index (χ1n) is 8.23. The van der Waals surface area contributed by atoms with Gasteiger partial charge in [0.05, 0.1) is 11.0 Å². The summed E-state index contributed by atoms with van der Waals surface area (Å²) in [4.78, 5) is 35.2. The van der Waals surface area contributed by atoms with Gasteiger partial charge in [-0.25, -0.2) is 4.79 Å². The smallest absolute Gasteiger partial charge is 0.319 e. The maximum absolute atomic E-state index is 12.9. The minimum atomic E-state index is -0.788. The van der Waals surface area contributed by atoms with E-state index >= 15 is 0 Å². The van der Waals surface area contributed by atoms with Crippen molar-refractivity contribution in [1.82, 2.24) is 10.6 Å². The van der Waals surface area contributed by atoms with E-state index in [4.69, 9.17) is 0 Å². The summed E-state index contributed by atoms with van der Waals surface area (Å²) in [7, 11) is 0. The van der Waals surface area contributed by atoms with E-state index in [1.807, 2.05) is 31.2 Å². The predicted molar refractivity (Wildman–Crippen MR) is 99.9 cm³/mol. The third-order valence-corrected chi connectivity index (χ3v) is 4.28. The number of anilines is 1. The third kappa shape index (κ3) is 3.95. The quantitative estimate of drug-likeness (QED) is 0.570. The molecule has 1 heterocycles. The molecule has 27 heavy (non-hydrogen) atoms. The molecule has 2 aromatic rings. The zero-order valence-corrected chi connectivity index (χ0v) is 14.6. The van der Waals surface area contributed by atoms with Crippen molar-refractivity contribution < 1.29 is 14.5 Å². The van der Waals surface area contributed by atoms with Crippen LogP contribution in [-0.2, 0) is 4.79 Å². The summed E-state index contributed by atoms with van der Waals surface area (Å²) in [6.07, 6.45) is 0. The van der Waals surface area contributed by atoms with Crippen molar-refractivity contribution in [2.24, 2.45) is 5.92 Å². The van der Waals surface area contributed by atoms with E-state index in [1.54, 1.807) is 6.07 Å². The number of urea groups is 1. The lowest BCUT2D eigenvalue weighted by Gasteiger charge is -2.34. The highest BCUT2D eigenvalue weighted by Gasteiger charge is 2.37. The summed E-state index contributed by atoms with van der Waals surface area (Å²) in [6, 6.07) is 12.1. The van der Waals surface area contributed by atoms with Crippen molar-refractivity contribution in [2.75, 3.05) is 5.32 Å². The van der Waals surface area contributed by atoms with E-state index in [-0.39, 0.29) is 11.4 Å². The van der Waals surface area contributed by atoms with Gasteiger partial charge in [-0.1, -0.05) is 42.5 Å². The standard InChI is InChI=1S/C19H18N4O4/c1-11-5-3-6-13(9-11)17-16(12(2)20-19(25)22-17)18(24)21-14-7-4-8-15(10-14)23(26)27/h3-10,16-17H,2H2,1H3,(H,21,24)(H2,20,22,25)/t16-,17+/m0/s1. The van der Waals surface area contributed by atoms with Crippen LogP contribution in [0.15, 0.2) is 60.8 Å². The van der Waals surface area contributed by atoms with Crippen LogP contribution >= 0.6 is 0 Å². The summed E-state index contributed by atoms with van der Waals surface area (Å²) in [6.45, 7) is 5.73. The molecule has 2 aromatic carbocycles. The van der Waals surface area contributed by atoms with Crippen molar-refractivity contribution in [1.29, 1.82) is 0 Å². The molecule has 3 rings (SSSR count). The van der Waals surface area contributed by atoms with Gasteiger partial charge in [-0.05, 0) is 18.6 Å². The molecule has 8 nitrogen and oxygen atoms in total. The third-order valence-electron chi connectivity index (χ3n) is 4.28. The Bertz CT molecular complexity index is 941. The van der Waals surface area contributed by atoms with Crippen LogP contribution < -0.4 is 16.0 Å². The summed E-state index contributed by atoms with van der Waals surface area (Å²) < 4.78 is 0. The first-order valence-corrected chi connectivity index (χ1v) is 8.23. The number of nitro benzene ring substituents is 1. The molecule has 2 atom stereocenters. The number of non-ortho nitro benzene ring substituents is 1. The van der Waals surface area contributed by atoms with E-state index in [0.717, 1.165) is 11.1 Å². The van der Waals surface area contributed by atoms with Gasteiger partial charge in [0.1, 0.15) is 5.92 Å². The van der Waals surface area contributed by atoms with E-state index in [1.165, 1.54) is 18.2 Å². The Morgan fingerprint density at radius 2 is 1.96 bits per heavy atom. The molecule has 0 bridgehead atoms. The Balaban J connectivity index is 1.90. The van der Waals surface area contributed by atoms with Crippen LogP contribution in [0.2, 0.25) is 0 Å². The van der Waals surface area contributed by atoms with Crippen molar-refractivity contribution in [3.63, 3.8) is 0 Å². The zero-order chi connectivity index (χ0) is 19.6. The lowest BCUT2D eigenvalue weighted by molar-refractivity contribution is -0.384. The van der Waals surface area contributed by atoms with Crippen molar-refractivity contribution >= 4 is 23.3 Å². The molecule has 3 N–H and O–H groups in total. The van der Waals surface area contributed by atoms with Crippen LogP contribution in [0.5, 0.6) is 0 Å². The number of aryl methyl sites for hydroxylation is 1. The van der Waals surface area contributed by atoms with E-state index in [0.29, 0.717) is 5.69 Å². The van der Waals surface area contributed by atoms with Crippen LogP contribution in [0.1, 0.15) is 17.2 Å². The predicted octanol–water partition coefficient (Wildman–Crippen LogP) is 3.03. The summed E-state index contributed by atoms with van der Waals surface area (Å²) in [5.41, 5.74) is 2.18. The molecule has 1 aliphatic rings. The summed E-state index contributed by atoms with van der Waals surface area (Å²) >= 11 is 0. The molecule has 1 fully saturated rings. The number of nitrogens with zero attached hydrogens (tertiary/aromatic N) is 1. The Kier molecular flexibility index (Phi) is 4.89. The van der Waals surface area contributed by atoms with E-state index in [9.17, 15) is 19.7 Å². The molecule has 0 spiro atoms. The molecular weight excluding hydrogens is 348 g/mol. The maximum Gasteiger partial charge on any atom is 0.319 e. The zero-order valence-electron chi connectivity index (χ0n) is 14.6. The topological polar surface area (TPSA) is 113 Å². The van der Waals surface area contributed by atoms with Crippen molar-refractivity contribution in [3.8, 4) is 0 Å². The average Bonchev–Trinajstić information content (AvgIpc) is 2.61. The SMILES string of the molecule is C=C1NC(=O)N[C@H](c2cccc(C)c2)[C@H]1C(=O)Nc1cccc([N+](=O)[O-])c1. The highest BCUT2D eigenvalue weighted by Crippen LogP contribution is 2.31. The van der Waals surface area contributed by atoms with Gasteiger partial charge in [-0.2, -0.15) is 0 Å². The Labute approximate surface area is 155 Å². The second-order valence-electron chi connectivity index (χ2n) is 6.29. The second-order valence-corrected chi connectivity index (χ2v) is 6.29. The minimum Gasteiger partial charge on any atom is -0.330 e. The molecule has 0 aromatic heterocycles. The first-order chi connectivity index (χ1) is 12.8. The first kappa shape index (κ1) is 18.1. The molecular formula is C19H18N4O4. The van der Waals surface area contributed by atoms with E-state index in [2.05, 4.69) is 22.5 Å². The Morgan fingerprint density at radius 3 is 2.67 bits per heavy atom. The molecule has 0 saturated carbocycles. The van der Waals surface area contributed by atoms with Gasteiger partial charge in [-0.15, -0.1) is 0 Å². The number of hydrogen-bond donors (Lipinski definition) is 3. The lowest BCUT2D eigenvalue weighted by Crippen LogP contribution is -2.51. The average molecular weight is 366 g/mol. The van der Waals surface area contributed by atoms with Gasteiger partial charge >= 0.3 is 6.03 Å². The highest BCUT2D eigenvalue weighted by atomic mass is 16.6. The Hall–Kier alpha value is -3.68. The molecule has 8 heteroatoms. The Morgan fingerprint density at radius 1 is 1.22 bits per heavy atom. The van der Waals surface area contributed by atoms with Gasteiger partial charge in [0.2, 0.25) is 5.91 Å². The highest BCUT2D eigenvalue weighted by molar-refractivity contribution is 5.97. The fraction of sp³-hybridized carbons (Fsp3) is 0.158. The molecule has 1 aliphatic heterocycles. The molecule has 138 valence electrons. The summed E-state index contributed by atoms with van der Waals surface area (Å²) in [5, 5.41) is 18.9. The number of nitrogens with one attached hydrogen (secondary N) is 3. The number of carbonyl (C=O) groups excluding carboxylic acids is 2. The molecule has 1 saturated heterocycles. The van der Waals surface area contributed by atoms with Gasteiger partial charge in [0.15, 0.2) is 0 Å². The van der Waals surface area contributed by atoms with Gasteiger partial charge in [-0.3, -0.25) is 14.9 Å². The normalized spacial score (nSPS) is 19.0. The largest absolute Gasteiger partial charge is 0.330 e. The number of amides is 3. The lowest BCUT2D eigenvalue weighted by atomic mass is 9.87. The number of rotatable bonds is 4. The maximum atomic E-state index is 12.9. The number of benzene rings is 2. The summed E-state index contributed by atoms with van der Waals surface area (Å²) in [5.74, 6) is -1.22. The van der Waals surface area contributed by atoms with Gasteiger partial charge < -0.3 is 16.0 Å². The minimum absolute atomic E-state index is 0.128. The molecule has 0 aliphatic carbocycles. The van der Waals surface area contributed by atoms with Crippen molar-refractivity contribution in [3.05, 3.63) is 82.0 Å². The molecule has 3 amide bonds. The fourth-order valence-electron chi connectivity index (χ4n) is 3.05. The van der Waals surface area contributed by atoms with Gasteiger partial charge in [0.25, 0.3) is 5.69 Å². The van der Waals surface area contributed by atoms with Crippen LogP contribution in [0.3, 0.4) is 0 Å². The number of carbonyl (C=O) groups is 2. The number of nitro groups is 1. The van der Waals surface area contributed by atoms with E-state index < -0.39 is 28.8 Å². The second kappa shape index (κ2) is 7.28. The number of hydrogen-bond acceptors (Lipinski definition) is 4. The fourth-order valence-corrected chi connectivity index (χ4v) is 3.05. The van der Waals surface area contributed by atoms with Crippen LogP contribution in [0.4, 0.5) is 16.2 Å². The van der Waals surface area contributed by atoms with Crippen LogP contribution in [0.25, 0.3) is 0 Å². The van der Waals surface area contributed by atoms with Crippen molar-refractivity contribution in [2.45, 2.75) is 13.0 Å².